The number of ether oxygens (including phenoxy) is 1. The van der Waals surface area contributed by atoms with E-state index in [1.165, 1.54) is 0 Å². The molecule has 0 spiro atoms. The molecule has 0 fully saturated rings. The first kappa shape index (κ1) is 16.9. The Kier molecular flexibility index (Phi) is 5.32. The van der Waals surface area contributed by atoms with Crippen LogP contribution in [-0.4, -0.2) is 40.0 Å². The van der Waals surface area contributed by atoms with E-state index in [4.69, 9.17) is 4.74 Å². The fourth-order valence-corrected chi connectivity index (χ4v) is 2.74. The molecule has 0 radical (unpaired) electrons. The molecule has 0 aliphatic carbocycles. The smallest absolute Gasteiger partial charge is 0.258 e. The second kappa shape index (κ2) is 7.22. The van der Waals surface area contributed by atoms with E-state index in [0.29, 0.717) is 22.7 Å². The minimum Gasteiger partial charge on any atom is -0.496 e. The number of hydrogen-bond donors (Lipinski definition) is 0. The summed E-state index contributed by atoms with van der Waals surface area (Å²) in [7, 11) is 1.57. The van der Waals surface area contributed by atoms with Gasteiger partial charge in [-0.1, -0.05) is 12.1 Å². The normalized spacial score (nSPS) is 10.9. The molecule has 0 bridgehead atoms. The Labute approximate surface area is 137 Å². The van der Waals surface area contributed by atoms with Crippen LogP contribution in [0.4, 0.5) is 0 Å². The summed E-state index contributed by atoms with van der Waals surface area (Å²) in [5.41, 5.74) is 1.19. The van der Waals surface area contributed by atoms with Crippen LogP contribution in [0.1, 0.15) is 38.1 Å². The second-order valence-electron chi connectivity index (χ2n) is 5.86. The van der Waals surface area contributed by atoms with E-state index in [-0.39, 0.29) is 18.0 Å². The largest absolute Gasteiger partial charge is 0.496 e. The number of rotatable bonds is 5. The molecule has 0 N–H and O–H groups in total. The van der Waals surface area contributed by atoms with Crippen molar-refractivity contribution in [1.82, 2.24) is 14.9 Å². The van der Waals surface area contributed by atoms with Crippen molar-refractivity contribution in [3.8, 4) is 17.1 Å². The summed E-state index contributed by atoms with van der Waals surface area (Å²) in [6.45, 7) is 8.02. The third-order valence-electron chi connectivity index (χ3n) is 3.61. The third-order valence-corrected chi connectivity index (χ3v) is 3.61. The van der Waals surface area contributed by atoms with Crippen LogP contribution in [-0.2, 0) is 0 Å². The van der Waals surface area contributed by atoms with Crippen LogP contribution >= 0.6 is 0 Å². The van der Waals surface area contributed by atoms with Crippen molar-refractivity contribution in [2.45, 2.75) is 39.8 Å². The average molecular weight is 313 g/mol. The van der Waals surface area contributed by atoms with Gasteiger partial charge < -0.3 is 9.64 Å². The Bertz CT molecular complexity index is 661. The Hall–Kier alpha value is -2.43. The highest BCUT2D eigenvalue weighted by Gasteiger charge is 2.27. The average Bonchev–Trinajstić information content (AvgIpc) is 2.54. The first-order valence-electron chi connectivity index (χ1n) is 7.74. The summed E-state index contributed by atoms with van der Waals surface area (Å²) in [4.78, 5) is 23.6. The molecule has 2 rings (SSSR count). The van der Waals surface area contributed by atoms with Crippen molar-refractivity contribution in [3.05, 3.63) is 42.2 Å². The van der Waals surface area contributed by atoms with Gasteiger partial charge in [0.1, 0.15) is 5.75 Å². The molecule has 1 aromatic heterocycles. The molecule has 0 aliphatic rings. The van der Waals surface area contributed by atoms with Crippen molar-refractivity contribution in [2.24, 2.45) is 0 Å². The highest BCUT2D eigenvalue weighted by Crippen LogP contribution is 2.30. The number of nitrogens with zero attached hydrogens (tertiary/aromatic N) is 3. The molecular formula is C18H23N3O2. The van der Waals surface area contributed by atoms with E-state index in [9.17, 15) is 4.79 Å². The molecule has 0 saturated heterocycles. The number of amides is 1. The third kappa shape index (κ3) is 3.50. The molecule has 1 amide bonds. The van der Waals surface area contributed by atoms with Gasteiger partial charge >= 0.3 is 0 Å². The molecule has 1 aromatic carbocycles. The Balaban J connectivity index is 2.62. The van der Waals surface area contributed by atoms with Crippen LogP contribution in [0.3, 0.4) is 0 Å². The summed E-state index contributed by atoms with van der Waals surface area (Å²) in [6.07, 6.45) is 3.33. The second-order valence-corrected chi connectivity index (χ2v) is 5.86. The van der Waals surface area contributed by atoms with Crippen LogP contribution < -0.4 is 4.74 Å². The number of methoxy groups -OCH3 is 1. The molecule has 1 heterocycles. The lowest BCUT2D eigenvalue weighted by molar-refractivity contribution is 0.0641. The zero-order valence-electron chi connectivity index (χ0n) is 14.3. The van der Waals surface area contributed by atoms with Crippen LogP contribution in [0, 0.1) is 0 Å². The summed E-state index contributed by atoms with van der Waals surface area (Å²) >= 11 is 0. The van der Waals surface area contributed by atoms with Crippen LogP contribution in [0.2, 0.25) is 0 Å². The highest BCUT2D eigenvalue weighted by molar-refractivity contribution is 6.03. The van der Waals surface area contributed by atoms with E-state index in [2.05, 4.69) is 9.97 Å². The number of aromatic nitrogens is 2. The maximum absolute atomic E-state index is 13.2. The van der Waals surface area contributed by atoms with Crippen LogP contribution in [0.15, 0.2) is 36.7 Å². The monoisotopic (exact) mass is 313 g/mol. The van der Waals surface area contributed by atoms with Crippen molar-refractivity contribution < 1.29 is 9.53 Å². The Morgan fingerprint density at radius 3 is 2.17 bits per heavy atom. The molecule has 0 aliphatic heterocycles. The molecule has 0 atom stereocenters. The lowest BCUT2D eigenvalue weighted by Gasteiger charge is -2.31. The van der Waals surface area contributed by atoms with Gasteiger partial charge in [0.2, 0.25) is 0 Å². The lowest BCUT2D eigenvalue weighted by atomic mass is 10.0. The fourth-order valence-electron chi connectivity index (χ4n) is 2.74. The molecule has 5 nitrogen and oxygen atoms in total. The highest BCUT2D eigenvalue weighted by atomic mass is 16.5. The maximum Gasteiger partial charge on any atom is 0.258 e. The van der Waals surface area contributed by atoms with Crippen molar-refractivity contribution in [3.63, 3.8) is 0 Å². The summed E-state index contributed by atoms with van der Waals surface area (Å²) < 4.78 is 5.44. The summed E-state index contributed by atoms with van der Waals surface area (Å²) in [6, 6.07) is 7.40. The molecule has 0 saturated carbocycles. The Morgan fingerprint density at radius 2 is 1.65 bits per heavy atom. The maximum atomic E-state index is 13.2. The number of hydrogen-bond acceptors (Lipinski definition) is 4. The first-order valence-corrected chi connectivity index (χ1v) is 7.74. The zero-order valence-corrected chi connectivity index (χ0v) is 14.3. The van der Waals surface area contributed by atoms with Gasteiger partial charge in [0.25, 0.3) is 5.91 Å². The predicted octanol–water partition coefficient (Wildman–Crippen LogP) is 3.41. The predicted molar refractivity (Wildman–Crippen MR) is 90.5 cm³/mol. The molecule has 0 unspecified atom stereocenters. The SMILES string of the molecule is COc1cccc(-c2ncccn2)c1C(=O)N(C(C)C)C(C)C. The van der Waals surface area contributed by atoms with Crippen LogP contribution in [0.5, 0.6) is 5.75 Å². The van der Waals surface area contributed by atoms with E-state index >= 15 is 0 Å². The topological polar surface area (TPSA) is 55.3 Å². The zero-order chi connectivity index (χ0) is 17.0. The van der Waals surface area contributed by atoms with Gasteiger partial charge in [0.05, 0.1) is 12.7 Å². The molecule has 2 aromatic rings. The van der Waals surface area contributed by atoms with E-state index in [1.807, 2.05) is 44.7 Å². The molecule has 5 heteroatoms. The number of carbonyl (C=O) groups excluding carboxylic acids is 1. The van der Waals surface area contributed by atoms with Crippen molar-refractivity contribution in [2.75, 3.05) is 7.11 Å². The molecule has 23 heavy (non-hydrogen) atoms. The first-order chi connectivity index (χ1) is 11.0. The number of carbonyl (C=O) groups is 1. The van der Waals surface area contributed by atoms with Crippen LogP contribution in [0.25, 0.3) is 11.4 Å². The summed E-state index contributed by atoms with van der Waals surface area (Å²) in [5, 5.41) is 0. The van der Waals surface area contributed by atoms with Gasteiger partial charge in [-0.2, -0.15) is 0 Å². The molecule has 122 valence electrons. The van der Waals surface area contributed by atoms with Gasteiger partial charge in [-0.15, -0.1) is 0 Å². The van der Waals surface area contributed by atoms with E-state index < -0.39 is 0 Å². The molecular weight excluding hydrogens is 290 g/mol. The van der Waals surface area contributed by atoms with Gasteiger partial charge in [0, 0.05) is 30.0 Å². The number of benzene rings is 1. The van der Waals surface area contributed by atoms with Crippen molar-refractivity contribution >= 4 is 5.91 Å². The lowest BCUT2D eigenvalue weighted by Crippen LogP contribution is -2.42. The Morgan fingerprint density at radius 1 is 1.04 bits per heavy atom. The van der Waals surface area contributed by atoms with Gasteiger partial charge in [-0.05, 0) is 39.8 Å². The van der Waals surface area contributed by atoms with Crippen molar-refractivity contribution in [1.29, 1.82) is 0 Å². The van der Waals surface area contributed by atoms with E-state index in [0.717, 1.165) is 0 Å². The van der Waals surface area contributed by atoms with Gasteiger partial charge in [-0.25, -0.2) is 9.97 Å². The quantitative estimate of drug-likeness (QED) is 0.849. The standard InChI is InChI=1S/C18H23N3O2/c1-12(2)21(13(3)4)18(22)16-14(8-6-9-15(16)23-5)17-19-10-7-11-20-17/h6-13H,1-5H3. The fraction of sp³-hybridized carbons (Fsp3) is 0.389. The minimum absolute atomic E-state index is 0.0742. The minimum atomic E-state index is -0.0742. The van der Waals surface area contributed by atoms with Gasteiger partial charge in [-0.3, -0.25) is 4.79 Å². The van der Waals surface area contributed by atoms with Gasteiger partial charge in [0.15, 0.2) is 5.82 Å². The summed E-state index contributed by atoms with van der Waals surface area (Å²) in [5.74, 6) is 0.975. The van der Waals surface area contributed by atoms with E-state index in [1.54, 1.807) is 31.6 Å².